The lowest BCUT2D eigenvalue weighted by atomic mass is 9.77. The molecule has 0 amide bonds. The zero-order valence-electron chi connectivity index (χ0n) is 17.6. The van der Waals surface area contributed by atoms with E-state index in [4.69, 9.17) is 14.0 Å². The van der Waals surface area contributed by atoms with Gasteiger partial charge in [-0.05, 0) is 56.9 Å². The van der Waals surface area contributed by atoms with Crippen molar-refractivity contribution in [3.05, 3.63) is 24.3 Å². The second-order valence-electron chi connectivity index (χ2n) is 9.42. The van der Waals surface area contributed by atoms with Gasteiger partial charge >= 0.3 is 11.9 Å². The minimum Gasteiger partial charge on any atom is -0.461 e. The maximum absolute atomic E-state index is 13.0. The van der Waals surface area contributed by atoms with Gasteiger partial charge in [0.2, 0.25) is 0 Å². The van der Waals surface area contributed by atoms with Gasteiger partial charge in [0.05, 0.1) is 16.2 Å². The SMILES string of the molecule is CCC(C)(C)C(=O)OC1C2CC(=O)C3C2CC1C3C(=O)Oc1ccc(S(=O)(=O)O)cc1. The fourth-order valence-corrected chi connectivity index (χ4v) is 5.82. The van der Waals surface area contributed by atoms with Crippen LogP contribution >= 0.6 is 0 Å². The first-order valence-electron chi connectivity index (χ1n) is 10.5. The van der Waals surface area contributed by atoms with E-state index in [0.29, 0.717) is 19.3 Å². The van der Waals surface area contributed by atoms with Gasteiger partial charge in [0, 0.05) is 24.2 Å². The largest absolute Gasteiger partial charge is 0.461 e. The molecule has 2 bridgehead atoms. The number of esters is 2. The molecule has 6 unspecified atom stereocenters. The first-order valence-corrected chi connectivity index (χ1v) is 11.9. The first-order chi connectivity index (χ1) is 14.4. The third-order valence-electron chi connectivity index (χ3n) is 7.35. The zero-order chi connectivity index (χ0) is 22.7. The van der Waals surface area contributed by atoms with Crippen molar-refractivity contribution in [3.8, 4) is 5.75 Å². The molecule has 0 aromatic heterocycles. The van der Waals surface area contributed by atoms with Crippen molar-refractivity contribution in [1.29, 1.82) is 0 Å². The van der Waals surface area contributed by atoms with E-state index in [0.717, 1.165) is 12.1 Å². The summed E-state index contributed by atoms with van der Waals surface area (Å²) in [6.07, 6.45) is 1.09. The summed E-state index contributed by atoms with van der Waals surface area (Å²) < 4.78 is 42.7. The zero-order valence-corrected chi connectivity index (χ0v) is 18.4. The Morgan fingerprint density at radius 2 is 1.77 bits per heavy atom. The molecule has 3 fully saturated rings. The number of carbonyl (C=O) groups excluding carboxylic acids is 3. The molecule has 1 N–H and O–H groups in total. The van der Waals surface area contributed by atoms with Crippen molar-refractivity contribution < 1.29 is 36.8 Å². The fourth-order valence-electron chi connectivity index (χ4n) is 5.34. The Kier molecular flexibility index (Phi) is 5.25. The molecule has 3 saturated carbocycles. The molecule has 9 heteroatoms. The topological polar surface area (TPSA) is 124 Å². The molecular weight excluding hydrogens is 424 g/mol. The first kappa shape index (κ1) is 22.0. The van der Waals surface area contributed by atoms with Crippen molar-refractivity contribution in [2.24, 2.45) is 35.0 Å². The summed E-state index contributed by atoms with van der Waals surface area (Å²) >= 11 is 0. The molecular formula is C22H26O8S. The van der Waals surface area contributed by atoms with Gasteiger partial charge in [-0.25, -0.2) is 0 Å². The smallest absolute Gasteiger partial charge is 0.315 e. The Morgan fingerprint density at radius 3 is 2.35 bits per heavy atom. The molecule has 3 aliphatic rings. The van der Waals surface area contributed by atoms with Crippen LogP contribution in [0.5, 0.6) is 5.75 Å². The van der Waals surface area contributed by atoms with Crippen molar-refractivity contribution in [2.75, 3.05) is 0 Å². The lowest BCUT2D eigenvalue weighted by molar-refractivity contribution is -0.169. The minimum absolute atomic E-state index is 0.00877. The van der Waals surface area contributed by atoms with Crippen molar-refractivity contribution in [2.45, 2.75) is 51.0 Å². The van der Waals surface area contributed by atoms with Crippen LogP contribution in [0.25, 0.3) is 0 Å². The summed E-state index contributed by atoms with van der Waals surface area (Å²) in [6.45, 7) is 5.53. The summed E-state index contributed by atoms with van der Waals surface area (Å²) in [6, 6.07) is 4.81. The number of carbonyl (C=O) groups is 3. The average molecular weight is 451 g/mol. The van der Waals surface area contributed by atoms with E-state index < -0.39 is 39.4 Å². The van der Waals surface area contributed by atoms with E-state index in [1.54, 1.807) is 0 Å². The monoisotopic (exact) mass is 450 g/mol. The van der Waals surface area contributed by atoms with Crippen molar-refractivity contribution in [3.63, 3.8) is 0 Å². The Labute approximate surface area is 181 Å². The number of rotatable bonds is 6. The van der Waals surface area contributed by atoms with Crippen molar-refractivity contribution >= 4 is 27.8 Å². The molecule has 0 saturated heterocycles. The molecule has 1 aromatic rings. The maximum atomic E-state index is 13.0. The minimum atomic E-state index is -4.35. The van der Waals surface area contributed by atoms with Crippen LogP contribution in [-0.4, -0.2) is 36.8 Å². The number of hydrogen-bond donors (Lipinski definition) is 1. The normalized spacial score (nSPS) is 31.7. The van der Waals surface area contributed by atoms with E-state index >= 15 is 0 Å². The van der Waals surface area contributed by atoms with Crippen LogP contribution in [0.15, 0.2) is 29.2 Å². The molecule has 0 heterocycles. The van der Waals surface area contributed by atoms with E-state index in [2.05, 4.69) is 0 Å². The second kappa shape index (κ2) is 7.41. The Hall–Kier alpha value is -2.26. The van der Waals surface area contributed by atoms with Gasteiger partial charge < -0.3 is 9.47 Å². The predicted molar refractivity (Wildman–Crippen MR) is 108 cm³/mol. The molecule has 0 aliphatic heterocycles. The van der Waals surface area contributed by atoms with Crippen LogP contribution < -0.4 is 4.74 Å². The molecule has 6 atom stereocenters. The predicted octanol–water partition coefficient (Wildman–Crippen LogP) is 2.66. The number of fused-ring (bicyclic) bond motifs is 1. The van der Waals surface area contributed by atoms with Crippen LogP contribution in [0, 0.1) is 35.0 Å². The highest BCUT2D eigenvalue weighted by Crippen LogP contribution is 2.62. The highest BCUT2D eigenvalue weighted by Gasteiger charge is 2.68. The Balaban J connectivity index is 1.53. The molecule has 8 nitrogen and oxygen atoms in total. The quantitative estimate of drug-likeness (QED) is 0.398. The molecule has 168 valence electrons. The van der Waals surface area contributed by atoms with Gasteiger partial charge in [0.1, 0.15) is 17.6 Å². The highest BCUT2D eigenvalue weighted by atomic mass is 32.2. The Morgan fingerprint density at radius 1 is 1.13 bits per heavy atom. The van der Waals surface area contributed by atoms with Gasteiger partial charge in [-0.15, -0.1) is 0 Å². The number of hydrogen-bond acceptors (Lipinski definition) is 7. The molecule has 1 aromatic carbocycles. The van der Waals surface area contributed by atoms with Crippen LogP contribution in [0.2, 0.25) is 0 Å². The van der Waals surface area contributed by atoms with Gasteiger partial charge in [-0.1, -0.05) is 6.92 Å². The van der Waals surface area contributed by atoms with E-state index in [1.807, 2.05) is 20.8 Å². The number of benzene rings is 1. The Bertz CT molecular complexity index is 1030. The fraction of sp³-hybridized carbons (Fsp3) is 0.591. The van der Waals surface area contributed by atoms with E-state index in [1.165, 1.54) is 12.1 Å². The van der Waals surface area contributed by atoms with Crippen LogP contribution in [0.4, 0.5) is 0 Å². The highest BCUT2D eigenvalue weighted by molar-refractivity contribution is 7.85. The summed E-state index contributed by atoms with van der Waals surface area (Å²) in [7, 11) is -4.35. The lowest BCUT2D eigenvalue weighted by Gasteiger charge is -2.34. The molecule has 31 heavy (non-hydrogen) atoms. The number of ketones is 1. The van der Waals surface area contributed by atoms with Gasteiger partial charge in [-0.2, -0.15) is 8.42 Å². The third kappa shape index (κ3) is 3.67. The summed E-state index contributed by atoms with van der Waals surface area (Å²) in [5.41, 5.74) is -0.644. The molecule has 0 spiro atoms. The van der Waals surface area contributed by atoms with Crippen LogP contribution in [0.3, 0.4) is 0 Å². The van der Waals surface area contributed by atoms with E-state index in [9.17, 15) is 22.8 Å². The summed E-state index contributed by atoms with van der Waals surface area (Å²) in [5, 5.41) is 0. The van der Waals surface area contributed by atoms with Crippen molar-refractivity contribution in [1.82, 2.24) is 0 Å². The third-order valence-corrected chi connectivity index (χ3v) is 8.22. The van der Waals surface area contributed by atoms with Gasteiger partial charge in [-0.3, -0.25) is 18.9 Å². The van der Waals surface area contributed by atoms with Crippen LogP contribution in [0.1, 0.15) is 40.0 Å². The maximum Gasteiger partial charge on any atom is 0.315 e. The average Bonchev–Trinajstić information content (AvgIpc) is 3.31. The van der Waals surface area contributed by atoms with Crippen LogP contribution in [-0.2, 0) is 29.2 Å². The number of Topliss-reactive ketones (excluding diaryl/α,β-unsaturated/α-hetero) is 1. The summed E-state index contributed by atoms with van der Waals surface area (Å²) in [5.74, 6) is -2.20. The second-order valence-corrected chi connectivity index (χ2v) is 10.8. The molecule has 3 aliphatic carbocycles. The lowest BCUT2D eigenvalue weighted by Crippen LogP contribution is -2.43. The van der Waals surface area contributed by atoms with E-state index in [-0.39, 0.29) is 40.2 Å². The van der Waals surface area contributed by atoms with Gasteiger partial charge in [0.25, 0.3) is 10.1 Å². The summed E-state index contributed by atoms with van der Waals surface area (Å²) in [4.78, 5) is 38.0. The molecule has 0 radical (unpaired) electrons. The standard InChI is InChI=1S/C22H26O8S/c1-4-22(2,3)21(25)30-19-14-10-16(23)17-13(14)9-15(19)18(17)20(24)29-11-5-7-12(8-6-11)31(26,27)28/h5-8,13-15,17-19H,4,9-10H2,1-3H3,(H,26,27,28). The molecule has 4 rings (SSSR count). The number of ether oxygens (including phenoxy) is 2. The van der Waals surface area contributed by atoms with Gasteiger partial charge in [0.15, 0.2) is 0 Å².